The number of benzene rings is 1. The van der Waals surface area contributed by atoms with Crippen molar-refractivity contribution >= 4 is 53.1 Å². The maximum atomic E-state index is 6.07. The van der Waals surface area contributed by atoms with Gasteiger partial charge in [0.1, 0.15) is 6.54 Å². The second-order valence-electron chi connectivity index (χ2n) is 3.44. The summed E-state index contributed by atoms with van der Waals surface area (Å²) in [6, 6.07) is 5.24. The molecule has 1 atom stereocenters. The predicted octanol–water partition coefficient (Wildman–Crippen LogP) is 3.21. The lowest BCUT2D eigenvalue weighted by Crippen LogP contribution is -2.34. The van der Waals surface area contributed by atoms with Crippen LogP contribution in [0.4, 0.5) is 0 Å². The molecule has 1 rings (SSSR count). The zero-order chi connectivity index (χ0) is 12.8. The van der Waals surface area contributed by atoms with Crippen LogP contribution in [0.25, 0.3) is 0 Å². The molecule has 0 saturated carbocycles. The normalized spacial score (nSPS) is 12.2. The fourth-order valence-corrected chi connectivity index (χ4v) is 1.90. The molecule has 0 aliphatic carbocycles. The van der Waals surface area contributed by atoms with Gasteiger partial charge in [0.2, 0.25) is 0 Å². The monoisotopic (exact) mass is 397 g/mol. The van der Waals surface area contributed by atoms with Crippen LogP contribution in [-0.2, 0) is 0 Å². The maximum absolute atomic E-state index is 6.07. The van der Waals surface area contributed by atoms with Crippen LogP contribution in [-0.4, -0.2) is 12.5 Å². The minimum Gasteiger partial charge on any atom is -0.370 e. The third kappa shape index (κ3) is 5.34. The third-order valence-corrected chi connectivity index (χ3v) is 2.70. The van der Waals surface area contributed by atoms with E-state index in [-0.39, 0.29) is 36.6 Å². The minimum absolute atomic E-state index is 0. The SMILES string of the molecule is C#CCN=C(N)NC(C)c1ccc(Cl)cc1Cl.I. The molecule has 0 fully saturated rings. The van der Waals surface area contributed by atoms with Crippen molar-refractivity contribution in [1.82, 2.24) is 5.32 Å². The molecule has 0 amide bonds. The number of guanidine groups is 1. The average Bonchev–Trinajstić information content (AvgIpc) is 2.26. The average molecular weight is 398 g/mol. The number of hydrogen-bond donors (Lipinski definition) is 2. The second kappa shape index (κ2) is 8.46. The summed E-state index contributed by atoms with van der Waals surface area (Å²) in [7, 11) is 0. The molecule has 0 spiro atoms. The predicted molar refractivity (Wildman–Crippen MR) is 88.8 cm³/mol. The molecule has 18 heavy (non-hydrogen) atoms. The van der Waals surface area contributed by atoms with E-state index in [1.54, 1.807) is 12.1 Å². The Balaban J connectivity index is 0.00000289. The summed E-state index contributed by atoms with van der Waals surface area (Å²) in [4.78, 5) is 3.93. The largest absolute Gasteiger partial charge is 0.370 e. The standard InChI is InChI=1S/C12H13Cl2N3.HI/c1-3-6-16-12(15)17-8(2)10-5-4-9(13)7-11(10)14;/h1,4-5,7-8H,6H2,2H3,(H3,15,16,17);1H. The van der Waals surface area contributed by atoms with Gasteiger partial charge >= 0.3 is 0 Å². The van der Waals surface area contributed by atoms with E-state index in [9.17, 15) is 0 Å². The molecule has 3 nitrogen and oxygen atoms in total. The lowest BCUT2D eigenvalue weighted by atomic mass is 10.1. The first kappa shape index (κ1) is 17.4. The van der Waals surface area contributed by atoms with Crippen molar-refractivity contribution in [2.75, 3.05) is 6.54 Å². The van der Waals surface area contributed by atoms with Gasteiger partial charge in [-0.2, -0.15) is 0 Å². The van der Waals surface area contributed by atoms with Gasteiger partial charge in [0.25, 0.3) is 0 Å². The number of nitrogens with zero attached hydrogens (tertiary/aromatic N) is 1. The van der Waals surface area contributed by atoms with Crippen molar-refractivity contribution in [2.45, 2.75) is 13.0 Å². The number of halogens is 3. The van der Waals surface area contributed by atoms with Crippen LogP contribution in [0.3, 0.4) is 0 Å². The molecule has 6 heteroatoms. The molecule has 0 saturated heterocycles. The fraction of sp³-hybridized carbons (Fsp3) is 0.250. The quantitative estimate of drug-likeness (QED) is 0.356. The lowest BCUT2D eigenvalue weighted by molar-refractivity contribution is 0.710. The summed E-state index contributed by atoms with van der Waals surface area (Å²) in [6.07, 6.45) is 5.08. The van der Waals surface area contributed by atoms with Gasteiger partial charge in [-0.3, -0.25) is 0 Å². The van der Waals surface area contributed by atoms with Crippen molar-refractivity contribution in [3.05, 3.63) is 33.8 Å². The molecule has 98 valence electrons. The highest BCUT2D eigenvalue weighted by Crippen LogP contribution is 2.25. The number of nitrogens with one attached hydrogen (secondary N) is 1. The molecule has 3 N–H and O–H groups in total. The molecule has 1 unspecified atom stereocenters. The number of rotatable bonds is 3. The summed E-state index contributed by atoms with van der Waals surface area (Å²) in [6.45, 7) is 2.17. The van der Waals surface area contributed by atoms with Crippen molar-refractivity contribution in [2.24, 2.45) is 10.7 Å². The summed E-state index contributed by atoms with van der Waals surface area (Å²) in [5, 5.41) is 4.18. The van der Waals surface area contributed by atoms with Crippen molar-refractivity contribution in [1.29, 1.82) is 0 Å². The zero-order valence-corrected chi connectivity index (χ0v) is 13.6. The first-order chi connectivity index (χ1) is 8.04. The highest BCUT2D eigenvalue weighted by molar-refractivity contribution is 14.0. The summed E-state index contributed by atoms with van der Waals surface area (Å²) in [5.74, 6) is 2.67. The van der Waals surface area contributed by atoms with E-state index in [0.717, 1.165) is 5.56 Å². The molecule has 0 heterocycles. The van der Waals surface area contributed by atoms with Gasteiger partial charge in [-0.25, -0.2) is 4.99 Å². The van der Waals surface area contributed by atoms with Crippen LogP contribution in [0.5, 0.6) is 0 Å². The van der Waals surface area contributed by atoms with E-state index in [4.69, 9.17) is 35.4 Å². The topological polar surface area (TPSA) is 50.4 Å². The van der Waals surface area contributed by atoms with Gasteiger partial charge in [-0.1, -0.05) is 35.2 Å². The Morgan fingerprint density at radius 2 is 2.22 bits per heavy atom. The number of hydrogen-bond acceptors (Lipinski definition) is 1. The van der Waals surface area contributed by atoms with Crippen LogP contribution < -0.4 is 11.1 Å². The molecule has 0 aromatic heterocycles. The summed E-state index contributed by atoms with van der Waals surface area (Å²) in [5.41, 5.74) is 6.55. The molecule has 0 bridgehead atoms. The fourth-order valence-electron chi connectivity index (χ4n) is 1.33. The Labute approximate surface area is 134 Å². The van der Waals surface area contributed by atoms with Gasteiger partial charge in [0, 0.05) is 10.0 Å². The van der Waals surface area contributed by atoms with Crippen LogP contribution in [0, 0.1) is 12.3 Å². The van der Waals surface area contributed by atoms with E-state index in [1.165, 1.54) is 0 Å². The van der Waals surface area contributed by atoms with Gasteiger partial charge in [0.15, 0.2) is 5.96 Å². The first-order valence-electron chi connectivity index (χ1n) is 4.99. The summed E-state index contributed by atoms with van der Waals surface area (Å²) >= 11 is 11.9. The third-order valence-electron chi connectivity index (χ3n) is 2.13. The Hall–Kier alpha value is -0.640. The maximum Gasteiger partial charge on any atom is 0.190 e. The van der Waals surface area contributed by atoms with Gasteiger partial charge in [-0.15, -0.1) is 30.4 Å². The highest BCUT2D eigenvalue weighted by atomic mass is 127. The van der Waals surface area contributed by atoms with Crippen LogP contribution >= 0.6 is 47.2 Å². The Morgan fingerprint density at radius 1 is 1.56 bits per heavy atom. The second-order valence-corrected chi connectivity index (χ2v) is 4.28. The Kier molecular flexibility index (Phi) is 8.16. The summed E-state index contributed by atoms with van der Waals surface area (Å²) < 4.78 is 0. The first-order valence-corrected chi connectivity index (χ1v) is 5.75. The molecule has 1 aromatic rings. The van der Waals surface area contributed by atoms with Crippen molar-refractivity contribution in [3.8, 4) is 12.3 Å². The van der Waals surface area contributed by atoms with Crippen LogP contribution in [0.15, 0.2) is 23.2 Å². The van der Waals surface area contributed by atoms with Crippen molar-refractivity contribution in [3.63, 3.8) is 0 Å². The molecule has 0 aliphatic rings. The molecule has 1 aromatic carbocycles. The Morgan fingerprint density at radius 3 is 2.78 bits per heavy atom. The van der Waals surface area contributed by atoms with E-state index in [0.29, 0.717) is 16.0 Å². The molecular weight excluding hydrogens is 384 g/mol. The Bertz CT molecular complexity index is 469. The molecule has 0 radical (unpaired) electrons. The van der Waals surface area contributed by atoms with Crippen molar-refractivity contribution < 1.29 is 0 Å². The van der Waals surface area contributed by atoms with Crippen LogP contribution in [0.2, 0.25) is 10.0 Å². The highest BCUT2D eigenvalue weighted by Gasteiger charge is 2.10. The smallest absolute Gasteiger partial charge is 0.190 e. The number of terminal acetylenes is 1. The van der Waals surface area contributed by atoms with Gasteiger partial charge < -0.3 is 11.1 Å². The molecule has 0 aliphatic heterocycles. The van der Waals surface area contributed by atoms with E-state index >= 15 is 0 Å². The minimum atomic E-state index is -0.0682. The zero-order valence-electron chi connectivity index (χ0n) is 9.78. The van der Waals surface area contributed by atoms with Gasteiger partial charge in [0.05, 0.1) is 6.04 Å². The van der Waals surface area contributed by atoms with Crippen LogP contribution in [0.1, 0.15) is 18.5 Å². The number of nitrogens with two attached hydrogens (primary N) is 1. The van der Waals surface area contributed by atoms with E-state index < -0.39 is 0 Å². The number of aliphatic imine (C=N–C) groups is 1. The van der Waals surface area contributed by atoms with E-state index in [2.05, 4.69) is 16.2 Å². The van der Waals surface area contributed by atoms with E-state index in [1.807, 2.05) is 13.0 Å². The molecular formula is C12H14Cl2IN3. The van der Waals surface area contributed by atoms with Gasteiger partial charge in [-0.05, 0) is 24.6 Å². The lowest BCUT2D eigenvalue weighted by Gasteiger charge is -2.16.